The molecule has 0 bridgehead atoms. The third-order valence-corrected chi connectivity index (χ3v) is 2.38. The summed E-state index contributed by atoms with van der Waals surface area (Å²) in [4.78, 5) is 3.05. The highest BCUT2D eigenvalue weighted by Gasteiger charge is 2.13. The number of hydrogen-bond donors (Lipinski definition) is 1. The molecular formula is C11H5ClF4N2. The number of aromatic nitrogens is 1. The van der Waals surface area contributed by atoms with Gasteiger partial charge in [0.25, 0.3) is 5.95 Å². The minimum absolute atomic E-state index is 0.0408. The van der Waals surface area contributed by atoms with Crippen molar-refractivity contribution in [1.82, 2.24) is 4.98 Å². The molecular weight excluding hydrogens is 272 g/mol. The zero-order valence-corrected chi connectivity index (χ0v) is 9.40. The first kappa shape index (κ1) is 12.6. The lowest BCUT2D eigenvalue weighted by Gasteiger charge is -2.08. The SMILES string of the molecule is Fc1ccc(Nc2nc(F)c(F)cc2F)c(Cl)c1. The van der Waals surface area contributed by atoms with Crippen LogP contribution >= 0.6 is 11.6 Å². The second kappa shape index (κ2) is 4.81. The van der Waals surface area contributed by atoms with Gasteiger partial charge in [0, 0.05) is 6.07 Å². The zero-order chi connectivity index (χ0) is 13.3. The standard InChI is InChI=1S/C11H5ClF4N2/c12-6-3-5(13)1-2-9(6)17-11-8(15)4-7(14)10(16)18-11/h1-4H,(H,17,18). The van der Waals surface area contributed by atoms with Crippen molar-refractivity contribution in [3.8, 4) is 0 Å². The topological polar surface area (TPSA) is 24.9 Å². The maximum absolute atomic E-state index is 13.3. The molecule has 1 N–H and O–H groups in total. The molecule has 1 heterocycles. The summed E-state index contributed by atoms with van der Waals surface area (Å²) in [5.74, 6) is -5.05. The van der Waals surface area contributed by atoms with Crippen LogP contribution in [0.1, 0.15) is 0 Å². The van der Waals surface area contributed by atoms with Gasteiger partial charge in [0.05, 0.1) is 10.7 Å². The van der Waals surface area contributed by atoms with E-state index in [1.165, 1.54) is 6.07 Å². The van der Waals surface area contributed by atoms with E-state index < -0.39 is 29.2 Å². The molecule has 94 valence electrons. The minimum atomic E-state index is -1.45. The quantitative estimate of drug-likeness (QED) is 0.661. The van der Waals surface area contributed by atoms with Gasteiger partial charge in [-0.25, -0.2) is 13.2 Å². The normalized spacial score (nSPS) is 10.5. The van der Waals surface area contributed by atoms with Gasteiger partial charge < -0.3 is 5.32 Å². The molecule has 0 fully saturated rings. The number of nitrogens with one attached hydrogen (secondary N) is 1. The fourth-order valence-corrected chi connectivity index (χ4v) is 1.46. The fraction of sp³-hybridized carbons (Fsp3) is 0. The molecule has 0 aliphatic heterocycles. The van der Waals surface area contributed by atoms with Crippen LogP contribution in [0.4, 0.5) is 29.1 Å². The number of halogens is 5. The largest absolute Gasteiger partial charge is 0.336 e. The first-order chi connectivity index (χ1) is 8.47. The van der Waals surface area contributed by atoms with E-state index in [1.54, 1.807) is 0 Å². The van der Waals surface area contributed by atoms with E-state index in [9.17, 15) is 17.6 Å². The predicted octanol–water partition coefficient (Wildman–Crippen LogP) is 4.04. The average molecular weight is 277 g/mol. The molecule has 0 amide bonds. The van der Waals surface area contributed by atoms with Gasteiger partial charge in [-0.2, -0.15) is 9.37 Å². The molecule has 1 aromatic carbocycles. The van der Waals surface area contributed by atoms with Crippen LogP contribution in [0.25, 0.3) is 0 Å². The Labute approximate surface area is 104 Å². The smallest absolute Gasteiger partial charge is 0.251 e. The molecule has 0 radical (unpaired) electrons. The van der Waals surface area contributed by atoms with Crippen LogP contribution in [0.3, 0.4) is 0 Å². The number of benzene rings is 1. The number of hydrogen-bond acceptors (Lipinski definition) is 2. The number of anilines is 2. The van der Waals surface area contributed by atoms with Gasteiger partial charge in [0.15, 0.2) is 17.5 Å². The maximum Gasteiger partial charge on any atom is 0.251 e. The van der Waals surface area contributed by atoms with Gasteiger partial charge in [0.2, 0.25) is 0 Å². The van der Waals surface area contributed by atoms with Crippen LogP contribution in [0.5, 0.6) is 0 Å². The molecule has 7 heteroatoms. The summed E-state index contributed by atoms with van der Waals surface area (Å²) in [6.45, 7) is 0. The lowest BCUT2D eigenvalue weighted by atomic mass is 10.3. The van der Waals surface area contributed by atoms with E-state index >= 15 is 0 Å². The Balaban J connectivity index is 2.37. The van der Waals surface area contributed by atoms with E-state index in [2.05, 4.69) is 10.3 Å². The highest BCUT2D eigenvalue weighted by Crippen LogP contribution is 2.26. The van der Waals surface area contributed by atoms with Gasteiger partial charge in [0.1, 0.15) is 5.82 Å². The van der Waals surface area contributed by atoms with Gasteiger partial charge in [-0.1, -0.05) is 11.6 Å². The second-order valence-electron chi connectivity index (χ2n) is 3.34. The lowest BCUT2D eigenvalue weighted by Crippen LogP contribution is -2.02. The summed E-state index contributed by atoms with van der Waals surface area (Å²) in [5.41, 5.74) is 0.121. The number of pyridine rings is 1. The molecule has 2 aromatic rings. The van der Waals surface area contributed by atoms with E-state index in [-0.39, 0.29) is 10.7 Å². The van der Waals surface area contributed by atoms with Crippen molar-refractivity contribution in [3.63, 3.8) is 0 Å². The first-order valence-electron chi connectivity index (χ1n) is 4.71. The minimum Gasteiger partial charge on any atom is -0.336 e. The van der Waals surface area contributed by atoms with Gasteiger partial charge in [-0.15, -0.1) is 0 Å². The maximum atomic E-state index is 13.3. The lowest BCUT2D eigenvalue weighted by molar-refractivity contribution is 0.467. The summed E-state index contributed by atoms with van der Waals surface area (Å²) in [6.07, 6.45) is 0. The summed E-state index contributed by atoms with van der Waals surface area (Å²) < 4.78 is 51.5. The van der Waals surface area contributed by atoms with Crippen LogP contribution in [-0.2, 0) is 0 Å². The molecule has 0 aliphatic rings. The summed E-state index contributed by atoms with van der Waals surface area (Å²) in [7, 11) is 0. The van der Waals surface area contributed by atoms with Gasteiger partial charge >= 0.3 is 0 Å². The molecule has 0 saturated heterocycles. The summed E-state index contributed by atoms with van der Waals surface area (Å²) in [5, 5.41) is 2.30. The van der Waals surface area contributed by atoms with Gasteiger partial charge in [-0.3, -0.25) is 0 Å². The monoisotopic (exact) mass is 276 g/mol. The van der Waals surface area contributed by atoms with Gasteiger partial charge in [-0.05, 0) is 18.2 Å². The summed E-state index contributed by atoms with van der Waals surface area (Å²) >= 11 is 5.68. The molecule has 1 aromatic heterocycles. The Kier molecular flexibility index (Phi) is 3.38. The summed E-state index contributed by atoms with van der Waals surface area (Å²) in [6, 6.07) is 3.63. The van der Waals surface area contributed by atoms with Crippen LogP contribution in [0, 0.1) is 23.4 Å². The Morgan fingerprint density at radius 2 is 1.72 bits per heavy atom. The van der Waals surface area contributed by atoms with Crippen LogP contribution in [0.15, 0.2) is 24.3 Å². The molecule has 0 saturated carbocycles. The zero-order valence-electron chi connectivity index (χ0n) is 8.65. The van der Waals surface area contributed by atoms with E-state index in [0.29, 0.717) is 6.07 Å². The molecule has 0 unspecified atom stereocenters. The predicted molar refractivity (Wildman–Crippen MR) is 58.8 cm³/mol. The Morgan fingerprint density at radius 1 is 1.00 bits per heavy atom. The highest BCUT2D eigenvalue weighted by atomic mass is 35.5. The molecule has 18 heavy (non-hydrogen) atoms. The Hall–Kier alpha value is -1.82. The molecule has 0 spiro atoms. The molecule has 2 nitrogen and oxygen atoms in total. The average Bonchev–Trinajstić information content (AvgIpc) is 2.29. The van der Waals surface area contributed by atoms with Crippen molar-refractivity contribution in [2.75, 3.05) is 5.32 Å². The van der Waals surface area contributed by atoms with Crippen molar-refractivity contribution in [2.45, 2.75) is 0 Å². The Bertz CT molecular complexity index is 604. The van der Waals surface area contributed by atoms with Crippen LogP contribution in [0.2, 0.25) is 5.02 Å². The molecule has 0 aliphatic carbocycles. The van der Waals surface area contributed by atoms with Crippen molar-refractivity contribution in [2.24, 2.45) is 0 Å². The van der Waals surface area contributed by atoms with Crippen LogP contribution in [-0.4, -0.2) is 4.98 Å². The van der Waals surface area contributed by atoms with Crippen molar-refractivity contribution in [1.29, 1.82) is 0 Å². The van der Waals surface area contributed by atoms with E-state index in [0.717, 1.165) is 12.1 Å². The third kappa shape index (κ3) is 2.53. The van der Waals surface area contributed by atoms with E-state index in [1.807, 2.05) is 0 Å². The van der Waals surface area contributed by atoms with E-state index in [4.69, 9.17) is 11.6 Å². The van der Waals surface area contributed by atoms with Crippen molar-refractivity contribution in [3.05, 3.63) is 52.7 Å². The number of nitrogens with zero attached hydrogens (tertiary/aromatic N) is 1. The Morgan fingerprint density at radius 3 is 2.39 bits per heavy atom. The third-order valence-electron chi connectivity index (χ3n) is 2.07. The molecule has 2 rings (SSSR count). The highest BCUT2D eigenvalue weighted by molar-refractivity contribution is 6.33. The van der Waals surface area contributed by atoms with Crippen molar-refractivity contribution < 1.29 is 17.6 Å². The number of rotatable bonds is 2. The fourth-order valence-electron chi connectivity index (χ4n) is 1.25. The van der Waals surface area contributed by atoms with Crippen LogP contribution < -0.4 is 5.32 Å². The second-order valence-corrected chi connectivity index (χ2v) is 3.75. The first-order valence-corrected chi connectivity index (χ1v) is 5.09. The van der Waals surface area contributed by atoms with Crippen molar-refractivity contribution >= 4 is 23.1 Å². The molecule has 0 atom stereocenters.